The monoisotopic (exact) mass is 303 g/mol. The van der Waals surface area contributed by atoms with Crippen LogP contribution in [-0.2, 0) is 4.79 Å². The van der Waals surface area contributed by atoms with Gasteiger partial charge in [-0.25, -0.2) is 0 Å². The molecule has 7 nitrogen and oxygen atoms in total. The molecule has 0 aliphatic carbocycles. The summed E-state index contributed by atoms with van der Waals surface area (Å²) in [4.78, 5) is 17.3. The zero-order chi connectivity index (χ0) is 15.5. The number of aliphatic carboxylic acids is 1. The maximum Gasteiger partial charge on any atom is 0.324 e. The van der Waals surface area contributed by atoms with E-state index in [9.17, 15) is 4.79 Å². The SMILES string of the molecule is COc1cccc(-c2noc(N3CCC(C(=O)O)CC3)n2)c1. The minimum atomic E-state index is -0.734. The maximum absolute atomic E-state index is 11.0. The number of aromatic nitrogens is 2. The normalized spacial score (nSPS) is 15.8. The molecule has 1 saturated heterocycles. The minimum Gasteiger partial charge on any atom is -0.497 e. The van der Waals surface area contributed by atoms with E-state index in [-0.39, 0.29) is 5.92 Å². The molecule has 116 valence electrons. The van der Waals surface area contributed by atoms with Crippen molar-refractivity contribution in [3.05, 3.63) is 24.3 Å². The van der Waals surface area contributed by atoms with Crippen molar-refractivity contribution >= 4 is 12.0 Å². The number of ether oxygens (including phenoxy) is 1. The van der Waals surface area contributed by atoms with Crippen LogP contribution in [0.5, 0.6) is 5.75 Å². The van der Waals surface area contributed by atoms with E-state index in [4.69, 9.17) is 14.4 Å². The number of benzene rings is 1. The van der Waals surface area contributed by atoms with Gasteiger partial charge in [0.25, 0.3) is 0 Å². The Bertz CT molecular complexity index is 662. The van der Waals surface area contributed by atoms with Crippen LogP contribution in [0.4, 0.5) is 6.01 Å². The largest absolute Gasteiger partial charge is 0.497 e. The molecule has 1 aliphatic rings. The van der Waals surface area contributed by atoms with Crippen LogP contribution in [0.3, 0.4) is 0 Å². The first-order valence-electron chi connectivity index (χ1n) is 7.13. The molecular formula is C15H17N3O4. The van der Waals surface area contributed by atoms with Crippen molar-refractivity contribution in [2.45, 2.75) is 12.8 Å². The lowest BCUT2D eigenvalue weighted by Gasteiger charge is -2.28. The fraction of sp³-hybridized carbons (Fsp3) is 0.400. The highest BCUT2D eigenvalue weighted by atomic mass is 16.5. The summed E-state index contributed by atoms with van der Waals surface area (Å²) in [5, 5.41) is 13.0. The Morgan fingerprint density at radius 1 is 1.41 bits per heavy atom. The number of hydrogen-bond acceptors (Lipinski definition) is 6. The van der Waals surface area contributed by atoms with Gasteiger partial charge in [-0.05, 0) is 25.0 Å². The van der Waals surface area contributed by atoms with Gasteiger partial charge in [-0.3, -0.25) is 4.79 Å². The first-order valence-corrected chi connectivity index (χ1v) is 7.13. The maximum atomic E-state index is 11.0. The highest BCUT2D eigenvalue weighted by Crippen LogP contribution is 2.26. The molecule has 1 N–H and O–H groups in total. The number of carboxylic acid groups (broad SMARTS) is 1. The smallest absolute Gasteiger partial charge is 0.324 e. The molecule has 1 aromatic heterocycles. The number of hydrogen-bond donors (Lipinski definition) is 1. The lowest BCUT2D eigenvalue weighted by atomic mass is 9.97. The Morgan fingerprint density at radius 3 is 2.86 bits per heavy atom. The third-order valence-electron chi connectivity index (χ3n) is 3.86. The molecule has 1 aromatic carbocycles. The van der Waals surface area contributed by atoms with Crippen molar-refractivity contribution in [1.29, 1.82) is 0 Å². The van der Waals surface area contributed by atoms with E-state index in [1.54, 1.807) is 7.11 Å². The van der Waals surface area contributed by atoms with Crippen LogP contribution in [0, 0.1) is 5.92 Å². The van der Waals surface area contributed by atoms with E-state index in [0.29, 0.717) is 37.8 Å². The van der Waals surface area contributed by atoms with E-state index >= 15 is 0 Å². The van der Waals surface area contributed by atoms with Gasteiger partial charge in [0.2, 0.25) is 5.82 Å². The van der Waals surface area contributed by atoms with Crippen molar-refractivity contribution in [1.82, 2.24) is 10.1 Å². The third-order valence-corrected chi connectivity index (χ3v) is 3.86. The standard InChI is InChI=1S/C15H17N3O4/c1-21-12-4-2-3-11(9-12)13-16-15(22-17-13)18-7-5-10(6-8-18)14(19)20/h2-4,9-10H,5-8H2,1H3,(H,19,20). The van der Waals surface area contributed by atoms with E-state index < -0.39 is 5.97 Å². The average Bonchev–Trinajstić information content (AvgIpc) is 3.05. The van der Waals surface area contributed by atoms with Crippen LogP contribution in [0.2, 0.25) is 0 Å². The first kappa shape index (κ1) is 14.4. The van der Waals surface area contributed by atoms with Crippen molar-refractivity contribution < 1.29 is 19.2 Å². The van der Waals surface area contributed by atoms with Gasteiger partial charge in [0, 0.05) is 18.7 Å². The molecule has 22 heavy (non-hydrogen) atoms. The predicted octanol–water partition coefficient (Wildman–Crippen LogP) is 2.05. The second kappa shape index (κ2) is 6.05. The summed E-state index contributed by atoms with van der Waals surface area (Å²) in [6.07, 6.45) is 1.18. The molecule has 0 radical (unpaired) electrons. The Balaban J connectivity index is 1.73. The van der Waals surface area contributed by atoms with Gasteiger partial charge in [0.15, 0.2) is 0 Å². The molecule has 2 heterocycles. The van der Waals surface area contributed by atoms with Crippen LogP contribution >= 0.6 is 0 Å². The van der Waals surface area contributed by atoms with E-state index in [2.05, 4.69) is 10.1 Å². The number of methoxy groups -OCH3 is 1. The van der Waals surface area contributed by atoms with Gasteiger partial charge in [-0.1, -0.05) is 17.3 Å². The Morgan fingerprint density at radius 2 is 2.18 bits per heavy atom. The van der Waals surface area contributed by atoms with Gasteiger partial charge in [0.1, 0.15) is 5.75 Å². The van der Waals surface area contributed by atoms with Crippen LogP contribution in [0.15, 0.2) is 28.8 Å². The van der Waals surface area contributed by atoms with E-state index in [0.717, 1.165) is 11.3 Å². The Hall–Kier alpha value is -2.57. The molecule has 1 aliphatic heterocycles. The molecule has 0 amide bonds. The third kappa shape index (κ3) is 2.88. The summed E-state index contributed by atoms with van der Waals surface area (Å²) >= 11 is 0. The van der Waals surface area contributed by atoms with Crippen LogP contribution < -0.4 is 9.64 Å². The number of rotatable bonds is 4. The van der Waals surface area contributed by atoms with Gasteiger partial charge >= 0.3 is 12.0 Å². The molecule has 0 saturated carbocycles. The predicted molar refractivity (Wildman–Crippen MR) is 78.9 cm³/mol. The number of nitrogens with zero attached hydrogens (tertiary/aromatic N) is 3. The molecule has 7 heteroatoms. The van der Waals surface area contributed by atoms with Crippen LogP contribution in [0.25, 0.3) is 11.4 Å². The first-order chi connectivity index (χ1) is 10.7. The molecule has 0 bridgehead atoms. The Kier molecular flexibility index (Phi) is 3.95. The highest BCUT2D eigenvalue weighted by molar-refractivity contribution is 5.70. The van der Waals surface area contributed by atoms with Gasteiger partial charge in [-0.15, -0.1) is 0 Å². The van der Waals surface area contributed by atoms with Gasteiger partial charge in [0.05, 0.1) is 13.0 Å². The topological polar surface area (TPSA) is 88.7 Å². The molecule has 0 unspecified atom stereocenters. The average molecular weight is 303 g/mol. The lowest BCUT2D eigenvalue weighted by molar-refractivity contribution is -0.142. The summed E-state index contributed by atoms with van der Waals surface area (Å²) in [6.45, 7) is 1.22. The van der Waals surface area contributed by atoms with Crippen molar-refractivity contribution in [3.63, 3.8) is 0 Å². The summed E-state index contributed by atoms with van der Waals surface area (Å²) < 4.78 is 10.5. The summed E-state index contributed by atoms with van der Waals surface area (Å²) in [6, 6.07) is 7.87. The summed E-state index contributed by atoms with van der Waals surface area (Å²) in [7, 11) is 1.60. The minimum absolute atomic E-state index is 0.281. The number of carboxylic acids is 1. The second-order valence-corrected chi connectivity index (χ2v) is 5.23. The summed E-state index contributed by atoms with van der Waals surface area (Å²) in [5.74, 6) is 0.208. The molecule has 0 atom stereocenters. The van der Waals surface area contributed by atoms with Gasteiger partial charge < -0.3 is 19.3 Å². The number of piperidine rings is 1. The van der Waals surface area contributed by atoms with Crippen molar-refractivity contribution in [3.8, 4) is 17.1 Å². The van der Waals surface area contributed by atoms with E-state index in [1.807, 2.05) is 29.2 Å². The Labute approximate surface area is 127 Å². The molecule has 0 spiro atoms. The molecular weight excluding hydrogens is 286 g/mol. The zero-order valence-corrected chi connectivity index (χ0v) is 12.2. The molecule has 2 aromatic rings. The van der Waals surface area contributed by atoms with Gasteiger partial charge in [-0.2, -0.15) is 4.98 Å². The fourth-order valence-electron chi connectivity index (χ4n) is 2.54. The molecule has 3 rings (SSSR count). The van der Waals surface area contributed by atoms with Crippen LogP contribution in [0.1, 0.15) is 12.8 Å². The second-order valence-electron chi connectivity index (χ2n) is 5.23. The summed E-state index contributed by atoms with van der Waals surface area (Å²) in [5.41, 5.74) is 0.815. The lowest BCUT2D eigenvalue weighted by Crippen LogP contribution is -2.36. The fourth-order valence-corrected chi connectivity index (χ4v) is 2.54. The van der Waals surface area contributed by atoms with Crippen molar-refractivity contribution in [2.24, 2.45) is 5.92 Å². The number of anilines is 1. The molecule has 1 fully saturated rings. The van der Waals surface area contributed by atoms with Crippen LogP contribution in [-0.4, -0.2) is 41.4 Å². The zero-order valence-electron chi connectivity index (χ0n) is 12.2. The number of carbonyl (C=O) groups is 1. The van der Waals surface area contributed by atoms with Crippen molar-refractivity contribution in [2.75, 3.05) is 25.1 Å². The highest BCUT2D eigenvalue weighted by Gasteiger charge is 2.27. The quantitative estimate of drug-likeness (QED) is 0.924. The van der Waals surface area contributed by atoms with E-state index in [1.165, 1.54) is 0 Å².